The summed E-state index contributed by atoms with van der Waals surface area (Å²) in [4.78, 5) is 0. The van der Waals surface area contributed by atoms with Crippen molar-refractivity contribution in [3.8, 4) is 5.75 Å². The highest BCUT2D eigenvalue weighted by Gasteiger charge is 2.30. The summed E-state index contributed by atoms with van der Waals surface area (Å²) in [6, 6.07) is 5.71. The predicted octanol–water partition coefficient (Wildman–Crippen LogP) is 1.14. The number of hydrogen-bond acceptors (Lipinski definition) is 3. The third-order valence-electron chi connectivity index (χ3n) is 2.79. The Labute approximate surface area is 83.5 Å². The van der Waals surface area contributed by atoms with E-state index in [1.54, 1.807) is 7.11 Å². The number of rotatable bonds is 1. The molecule has 1 unspecified atom stereocenters. The zero-order valence-electron chi connectivity index (χ0n) is 8.29. The second-order valence-corrected chi connectivity index (χ2v) is 3.80. The third-order valence-corrected chi connectivity index (χ3v) is 2.79. The monoisotopic (exact) mass is 193 g/mol. The lowest BCUT2D eigenvalue weighted by Crippen LogP contribution is -2.39. The number of aryl methyl sites for hydroxylation is 1. The van der Waals surface area contributed by atoms with E-state index in [1.807, 2.05) is 18.2 Å². The molecule has 3 nitrogen and oxygen atoms in total. The number of benzene rings is 1. The van der Waals surface area contributed by atoms with Crippen molar-refractivity contribution in [2.45, 2.75) is 25.0 Å². The number of hydrogen-bond donors (Lipinski definition) is 2. The van der Waals surface area contributed by atoms with E-state index >= 15 is 0 Å². The molecule has 2 rings (SSSR count). The Kier molecular flexibility index (Phi) is 2.21. The van der Waals surface area contributed by atoms with Crippen molar-refractivity contribution < 1.29 is 9.84 Å². The Bertz CT molecular complexity index is 347. The van der Waals surface area contributed by atoms with Gasteiger partial charge >= 0.3 is 0 Å². The summed E-state index contributed by atoms with van der Waals surface area (Å²) in [5, 5.41) is 9.97. The molecule has 14 heavy (non-hydrogen) atoms. The van der Waals surface area contributed by atoms with Crippen LogP contribution in [0, 0.1) is 0 Å². The fourth-order valence-electron chi connectivity index (χ4n) is 1.99. The molecule has 0 saturated heterocycles. The van der Waals surface area contributed by atoms with E-state index in [-0.39, 0.29) is 0 Å². The first kappa shape index (κ1) is 9.49. The van der Waals surface area contributed by atoms with Gasteiger partial charge in [-0.3, -0.25) is 5.73 Å². The van der Waals surface area contributed by atoms with Crippen LogP contribution in [0.3, 0.4) is 0 Å². The van der Waals surface area contributed by atoms with Crippen molar-refractivity contribution in [2.24, 2.45) is 5.73 Å². The molecule has 76 valence electrons. The van der Waals surface area contributed by atoms with Crippen LogP contribution < -0.4 is 10.5 Å². The first-order valence-corrected chi connectivity index (χ1v) is 4.82. The van der Waals surface area contributed by atoms with Gasteiger partial charge in [0.05, 0.1) is 7.11 Å². The fourth-order valence-corrected chi connectivity index (χ4v) is 1.99. The van der Waals surface area contributed by atoms with Gasteiger partial charge in [-0.05, 0) is 37.0 Å². The fraction of sp³-hybridized carbons (Fsp3) is 0.455. The van der Waals surface area contributed by atoms with Crippen molar-refractivity contribution >= 4 is 0 Å². The number of fused-ring (bicyclic) bond motifs is 1. The minimum absolute atomic E-state index is 0.618. The quantitative estimate of drug-likeness (QED) is 0.657. The molecule has 3 heteroatoms. The molecule has 0 fully saturated rings. The van der Waals surface area contributed by atoms with E-state index in [0.717, 1.165) is 29.7 Å². The van der Waals surface area contributed by atoms with E-state index in [0.29, 0.717) is 6.42 Å². The van der Waals surface area contributed by atoms with Crippen LogP contribution in [-0.4, -0.2) is 12.2 Å². The third kappa shape index (κ3) is 1.49. The summed E-state index contributed by atoms with van der Waals surface area (Å²) >= 11 is 0. The molecular formula is C11H15NO2. The Morgan fingerprint density at radius 1 is 1.50 bits per heavy atom. The standard InChI is InChI=1S/C11H15NO2/c1-14-9-5-4-8-3-2-6-11(12,13)10(8)7-9/h4-5,7,13H,2-3,6,12H2,1H3. The van der Waals surface area contributed by atoms with E-state index in [1.165, 1.54) is 0 Å². The van der Waals surface area contributed by atoms with Gasteiger partial charge in [0.25, 0.3) is 0 Å². The summed E-state index contributed by atoms with van der Waals surface area (Å²) in [6.07, 6.45) is 2.54. The molecule has 1 atom stereocenters. The van der Waals surface area contributed by atoms with Gasteiger partial charge in [0.2, 0.25) is 0 Å². The maximum absolute atomic E-state index is 9.97. The van der Waals surface area contributed by atoms with Gasteiger partial charge < -0.3 is 9.84 Å². The van der Waals surface area contributed by atoms with Crippen LogP contribution in [0.1, 0.15) is 24.0 Å². The molecule has 0 heterocycles. The van der Waals surface area contributed by atoms with Gasteiger partial charge in [0.15, 0.2) is 0 Å². The lowest BCUT2D eigenvalue weighted by atomic mass is 9.85. The normalized spacial score (nSPS) is 25.6. The second kappa shape index (κ2) is 3.26. The topological polar surface area (TPSA) is 55.5 Å². The molecule has 1 aromatic carbocycles. The Hall–Kier alpha value is -1.06. The number of methoxy groups -OCH3 is 1. The van der Waals surface area contributed by atoms with Crippen LogP contribution in [0.2, 0.25) is 0 Å². The first-order valence-electron chi connectivity index (χ1n) is 4.82. The van der Waals surface area contributed by atoms with Gasteiger partial charge in [-0.1, -0.05) is 6.07 Å². The molecular weight excluding hydrogens is 178 g/mol. The van der Waals surface area contributed by atoms with Gasteiger partial charge in [-0.25, -0.2) is 0 Å². The highest BCUT2D eigenvalue weighted by atomic mass is 16.5. The average molecular weight is 193 g/mol. The smallest absolute Gasteiger partial charge is 0.140 e. The van der Waals surface area contributed by atoms with Crippen molar-refractivity contribution in [2.75, 3.05) is 7.11 Å². The van der Waals surface area contributed by atoms with Crippen molar-refractivity contribution in [1.29, 1.82) is 0 Å². The van der Waals surface area contributed by atoms with Crippen molar-refractivity contribution in [1.82, 2.24) is 0 Å². The zero-order chi connectivity index (χ0) is 10.2. The summed E-state index contributed by atoms with van der Waals surface area (Å²) in [6.45, 7) is 0. The maximum Gasteiger partial charge on any atom is 0.140 e. The maximum atomic E-state index is 9.97. The van der Waals surface area contributed by atoms with Gasteiger partial charge in [-0.2, -0.15) is 0 Å². The number of aliphatic hydroxyl groups is 1. The van der Waals surface area contributed by atoms with Crippen LogP contribution >= 0.6 is 0 Å². The highest BCUT2D eigenvalue weighted by Crippen LogP contribution is 2.33. The van der Waals surface area contributed by atoms with Crippen molar-refractivity contribution in [3.05, 3.63) is 29.3 Å². The van der Waals surface area contributed by atoms with Gasteiger partial charge in [0.1, 0.15) is 11.5 Å². The number of nitrogens with two attached hydrogens (primary N) is 1. The molecule has 0 saturated carbocycles. The van der Waals surface area contributed by atoms with Crippen molar-refractivity contribution in [3.63, 3.8) is 0 Å². The second-order valence-electron chi connectivity index (χ2n) is 3.80. The van der Waals surface area contributed by atoms with Crippen LogP contribution in [-0.2, 0) is 12.1 Å². The summed E-state index contributed by atoms with van der Waals surface area (Å²) in [5.74, 6) is 0.745. The molecule has 0 aromatic heterocycles. The lowest BCUT2D eigenvalue weighted by Gasteiger charge is -2.30. The molecule has 1 aliphatic rings. The lowest BCUT2D eigenvalue weighted by molar-refractivity contribution is 0.0252. The SMILES string of the molecule is COc1ccc2c(c1)C(N)(O)CCC2. The summed E-state index contributed by atoms with van der Waals surface area (Å²) < 4.78 is 5.11. The highest BCUT2D eigenvalue weighted by molar-refractivity contribution is 5.40. The molecule has 0 bridgehead atoms. The molecule has 0 amide bonds. The molecule has 0 spiro atoms. The molecule has 0 aliphatic heterocycles. The van der Waals surface area contributed by atoms with Crippen LogP contribution in [0.15, 0.2) is 18.2 Å². The molecule has 1 aliphatic carbocycles. The van der Waals surface area contributed by atoms with E-state index in [4.69, 9.17) is 10.5 Å². The van der Waals surface area contributed by atoms with Crippen LogP contribution in [0.4, 0.5) is 0 Å². The zero-order valence-corrected chi connectivity index (χ0v) is 8.29. The number of ether oxygens (including phenoxy) is 1. The minimum Gasteiger partial charge on any atom is -0.497 e. The van der Waals surface area contributed by atoms with E-state index in [2.05, 4.69) is 0 Å². The largest absolute Gasteiger partial charge is 0.497 e. The summed E-state index contributed by atoms with van der Waals surface area (Å²) in [7, 11) is 1.61. The molecule has 1 aromatic rings. The Morgan fingerprint density at radius 3 is 3.00 bits per heavy atom. The summed E-state index contributed by atoms with van der Waals surface area (Å²) in [5.41, 5.74) is 6.57. The average Bonchev–Trinajstić information content (AvgIpc) is 2.17. The Morgan fingerprint density at radius 2 is 2.29 bits per heavy atom. The van der Waals surface area contributed by atoms with E-state index < -0.39 is 5.72 Å². The van der Waals surface area contributed by atoms with Gasteiger partial charge in [0, 0.05) is 5.56 Å². The van der Waals surface area contributed by atoms with Crippen LogP contribution in [0.25, 0.3) is 0 Å². The molecule has 0 radical (unpaired) electrons. The molecule has 3 N–H and O–H groups in total. The van der Waals surface area contributed by atoms with E-state index in [9.17, 15) is 5.11 Å². The van der Waals surface area contributed by atoms with Crippen LogP contribution in [0.5, 0.6) is 5.75 Å². The van der Waals surface area contributed by atoms with Gasteiger partial charge in [-0.15, -0.1) is 0 Å². The minimum atomic E-state index is -1.18. The first-order chi connectivity index (χ1) is 6.63. The Balaban J connectivity index is 2.49. The predicted molar refractivity (Wildman–Crippen MR) is 54.0 cm³/mol.